The molecule has 1 saturated carbocycles. The lowest BCUT2D eigenvalue weighted by molar-refractivity contribution is 0.127. The molecule has 0 aromatic heterocycles. The molecular weight excluding hydrogens is 186 g/mol. The van der Waals surface area contributed by atoms with E-state index in [4.69, 9.17) is 16.3 Å². The van der Waals surface area contributed by atoms with Gasteiger partial charge in [-0.1, -0.05) is 12.2 Å². The van der Waals surface area contributed by atoms with Crippen LogP contribution in [0.4, 0.5) is 0 Å². The summed E-state index contributed by atoms with van der Waals surface area (Å²) < 4.78 is 5.45. The van der Waals surface area contributed by atoms with Crippen LogP contribution < -0.4 is 5.32 Å². The second-order valence-corrected chi connectivity index (χ2v) is 3.66. The van der Waals surface area contributed by atoms with Gasteiger partial charge in [0, 0.05) is 25.6 Å². The molecule has 1 rings (SSSR count). The van der Waals surface area contributed by atoms with Gasteiger partial charge in [0.25, 0.3) is 0 Å². The van der Waals surface area contributed by atoms with Gasteiger partial charge in [0.1, 0.15) is 0 Å². The first-order chi connectivity index (χ1) is 6.43. The Bertz CT molecular complexity index is 146. The van der Waals surface area contributed by atoms with Gasteiger partial charge in [0.15, 0.2) is 0 Å². The van der Waals surface area contributed by atoms with E-state index in [9.17, 15) is 0 Å². The number of hydrogen-bond donors (Lipinski definition) is 1. The average Bonchev–Trinajstić information content (AvgIpc) is 2.93. The zero-order chi connectivity index (χ0) is 9.36. The van der Waals surface area contributed by atoms with Crippen LogP contribution in [0.5, 0.6) is 0 Å². The van der Waals surface area contributed by atoms with Crippen LogP contribution in [0, 0.1) is 5.92 Å². The number of ether oxygens (including phenoxy) is 1. The molecule has 0 atom stereocenters. The van der Waals surface area contributed by atoms with E-state index in [1.54, 1.807) is 0 Å². The van der Waals surface area contributed by atoms with Gasteiger partial charge in [-0.05, 0) is 18.8 Å². The van der Waals surface area contributed by atoms with Gasteiger partial charge in [-0.2, -0.15) is 0 Å². The first-order valence-electron chi connectivity index (χ1n) is 4.93. The molecule has 0 spiro atoms. The second kappa shape index (κ2) is 7.36. The van der Waals surface area contributed by atoms with Crippen molar-refractivity contribution in [1.82, 2.24) is 5.32 Å². The van der Waals surface area contributed by atoms with Crippen LogP contribution in [0.3, 0.4) is 0 Å². The highest BCUT2D eigenvalue weighted by molar-refractivity contribution is 6.18. The van der Waals surface area contributed by atoms with Crippen LogP contribution in [0.15, 0.2) is 12.2 Å². The highest BCUT2D eigenvalue weighted by atomic mass is 35.5. The molecular formula is C10H18ClNO. The van der Waals surface area contributed by atoms with Gasteiger partial charge in [-0.15, -0.1) is 11.6 Å². The summed E-state index contributed by atoms with van der Waals surface area (Å²) in [4.78, 5) is 0. The number of hydrogen-bond acceptors (Lipinski definition) is 2. The minimum Gasteiger partial charge on any atom is -0.380 e. The highest BCUT2D eigenvalue weighted by Crippen LogP contribution is 2.28. The third-order valence-electron chi connectivity index (χ3n) is 1.99. The molecule has 76 valence electrons. The average molecular weight is 204 g/mol. The molecule has 0 unspecified atom stereocenters. The van der Waals surface area contributed by atoms with E-state index in [0.717, 1.165) is 32.2 Å². The smallest absolute Gasteiger partial charge is 0.0591 e. The normalized spacial score (nSPS) is 17.0. The Morgan fingerprint density at radius 1 is 1.38 bits per heavy atom. The van der Waals surface area contributed by atoms with Crippen molar-refractivity contribution < 1.29 is 4.74 Å². The summed E-state index contributed by atoms with van der Waals surface area (Å²) in [6.45, 7) is 3.60. The van der Waals surface area contributed by atoms with E-state index >= 15 is 0 Å². The second-order valence-electron chi connectivity index (χ2n) is 3.35. The lowest BCUT2D eigenvalue weighted by atomic mass is 10.5. The number of alkyl halides is 1. The largest absolute Gasteiger partial charge is 0.380 e. The van der Waals surface area contributed by atoms with Crippen LogP contribution in [0.25, 0.3) is 0 Å². The van der Waals surface area contributed by atoms with Crippen molar-refractivity contribution in [3.8, 4) is 0 Å². The fourth-order valence-electron chi connectivity index (χ4n) is 1.01. The fourth-order valence-corrected chi connectivity index (χ4v) is 1.14. The summed E-state index contributed by atoms with van der Waals surface area (Å²) in [5.41, 5.74) is 0. The van der Waals surface area contributed by atoms with Crippen molar-refractivity contribution in [3.05, 3.63) is 12.2 Å². The van der Waals surface area contributed by atoms with Gasteiger partial charge in [-0.3, -0.25) is 0 Å². The third kappa shape index (κ3) is 7.05. The molecule has 0 bridgehead atoms. The summed E-state index contributed by atoms with van der Waals surface area (Å²) in [7, 11) is 0. The Balaban J connectivity index is 1.70. The Labute approximate surface area is 85.3 Å². The molecule has 0 aromatic rings. The van der Waals surface area contributed by atoms with Crippen LogP contribution in [0.1, 0.15) is 12.8 Å². The molecule has 0 aromatic carbocycles. The van der Waals surface area contributed by atoms with E-state index in [0.29, 0.717) is 5.88 Å². The number of allylic oxidation sites excluding steroid dienone is 1. The molecule has 0 amide bonds. The zero-order valence-corrected chi connectivity index (χ0v) is 8.72. The molecule has 0 saturated heterocycles. The highest BCUT2D eigenvalue weighted by Gasteiger charge is 2.20. The maximum Gasteiger partial charge on any atom is 0.0591 e. The van der Waals surface area contributed by atoms with Crippen molar-refractivity contribution in [3.63, 3.8) is 0 Å². The van der Waals surface area contributed by atoms with Crippen LogP contribution >= 0.6 is 11.6 Å². The van der Waals surface area contributed by atoms with Crippen molar-refractivity contribution in [1.29, 1.82) is 0 Å². The van der Waals surface area contributed by atoms with Crippen molar-refractivity contribution in [2.24, 2.45) is 5.92 Å². The predicted molar refractivity (Wildman–Crippen MR) is 56.3 cm³/mol. The summed E-state index contributed by atoms with van der Waals surface area (Å²) >= 11 is 5.47. The first-order valence-corrected chi connectivity index (χ1v) is 5.46. The molecule has 0 aliphatic heterocycles. The molecule has 1 fully saturated rings. The van der Waals surface area contributed by atoms with Crippen LogP contribution in [-0.4, -0.2) is 32.2 Å². The maximum atomic E-state index is 5.47. The quantitative estimate of drug-likeness (QED) is 0.369. The van der Waals surface area contributed by atoms with Crippen LogP contribution in [0.2, 0.25) is 0 Å². The predicted octanol–water partition coefficient (Wildman–Crippen LogP) is 1.80. The molecule has 1 aliphatic rings. The molecule has 0 heterocycles. The van der Waals surface area contributed by atoms with E-state index in [1.807, 2.05) is 12.2 Å². The molecule has 1 N–H and O–H groups in total. The van der Waals surface area contributed by atoms with Crippen molar-refractivity contribution >= 4 is 11.6 Å². The van der Waals surface area contributed by atoms with Gasteiger partial charge in [0.05, 0.1) is 6.61 Å². The van der Waals surface area contributed by atoms with E-state index < -0.39 is 0 Å². The maximum absolute atomic E-state index is 5.47. The van der Waals surface area contributed by atoms with E-state index in [2.05, 4.69) is 5.32 Å². The minimum absolute atomic E-state index is 0.597. The number of nitrogens with one attached hydrogen (secondary N) is 1. The summed E-state index contributed by atoms with van der Waals surface area (Å²) in [6, 6.07) is 0. The zero-order valence-electron chi connectivity index (χ0n) is 7.97. The van der Waals surface area contributed by atoms with Gasteiger partial charge >= 0.3 is 0 Å². The van der Waals surface area contributed by atoms with E-state index in [1.165, 1.54) is 12.8 Å². The Morgan fingerprint density at radius 3 is 2.92 bits per heavy atom. The minimum atomic E-state index is 0.597. The lowest BCUT2D eigenvalue weighted by Crippen LogP contribution is -2.20. The number of rotatable bonds is 8. The lowest BCUT2D eigenvalue weighted by Gasteiger charge is -2.02. The molecule has 2 nitrogen and oxygen atoms in total. The standard InChI is InChI=1S/C10H18ClNO/c11-5-1-2-6-12-7-8-13-9-10-3-4-10/h1-2,10,12H,3-9H2/b2-1+. The van der Waals surface area contributed by atoms with Gasteiger partial charge in [0.2, 0.25) is 0 Å². The molecule has 3 heteroatoms. The summed E-state index contributed by atoms with van der Waals surface area (Å²) in [5.74, 6) is 1.47. The third-order valence-corrected chi connectivity index (χ3v) is 2.17. The Hall–Kier alpha value is -0.0500. The fraction of sp³-hybridized carbons (Fsp3) is 0.800. The Morgan fingerprint density at radius 2 is 2.23 bits per heavy atom. The van der Waals surface area contributed by atoms with E-state index in [-0.39, 0.29) is 0 Å². The van der Waals surface area contributed by atoms with Crippen LogP contribution in [-0.2, 0) is 4.74 Å². The first kappa shape index (κ1) is 11.0. The molecule has 0 radical (unpaired) electrons. The van der Waals surface area contributed by atoms with Crippen molar-refractivity contribution in [2.75, 3.05) is 32.2 Å². The van der Waals surface area contributed by atoms with Gasteiger partial charge < -0.3 is 10.1 Å². The summed E-state index contributed by atoms with van der Waals surface area (Å²) in [6.07, 6.45) is 6.71. The SMILES string of the molecule is ClC/C=C/CNCCOCC1CC1. The molecule has 13 heavy (non-hydrogen) atoms. The topological polar surface area (TPSA) is 21.3 Å². The van der Waals surface area contributed by atoms with Crippen molar-refractivity contribution in [2.45, 2.75) is 12.8 Å². The Kier molecular flexibility index (Phi) is 6.25. The van der Waals surface area contributed by atoms with Gasteiger partial charge in [-0.25, -0.2) is 0 Å². The summed E-state index contributed by atoms with van der Waals surface area (Å²) in [5, 5.41) is 3.24. The molecule has 1 aliphatic carbocycles. The monoisotopic (exact) mass is 203 g/mol. The number of halogens is 1.